The van der Waals surface area contributed by atoms with Gasteiger partial charge in [0.25, 0.3) is 0 Å². The lowest BCUT2D eigenvalue weighted by molar-refractivity contribution is -0.104. The van der Waals surface area contributed by atoms with Gasteiger partial charge in [0.1, 0.15) is 12.0 Å². The third-order valence-corrected chi connectivity index (χ3v) is 1.75. The third kappa shape index (κ3) is 7.46. The zero-order valence-electron chi connectivity index (χ0n) is 10.8. The normalized spacial score (nSPS) is 7.56. The van der Waals surface area contributed by atoms with E-state index in [1.807, 2.05) is 13.1 Å². The molecule has 5 heteroatoms. The smallest absolute Gasteiger partial charge is 0.153 e. The van der Waals surface area contributed by atoms with Gasteiger partial charge in [0, 0.05) is 25.2 Å². The van der Waals surface area contributed by atoms with E-state index in [1.165, 1.54) is 12.5 Å². The average Bonchev–Trinajstić information content (AvgIpc) is 2.48. The lowest BCUT2D eigenvalue weighted by atomic mass is 10.2. The number of aldehydes is 2. The number of ether oxygens (including phenoxy) is 1. The van der Waals surface area contributed by atoms with Crippen molar-refractivity contribution in [2.75, 3.05) is 25.9 Å². The number of methoxy groups -OCH3 is 1. The molecule has 0 saturated carbocycles. The molecule has 0 atom stereocenters. The molecular formula is C13H18ClNO3. The summed E-state index contributed by atoms with van der Waals surface area (Å²) in [5, 5.41) is 2.96. The van der Waals surface area contributed by atoms with Crippen LogP contribution in [0.25, 0.3) is 0 Å². The van der Waals surface area contributed by atoms with E-state index in [2.05, 4.69) is 23.5 Å². The first kappa shape index (κ1) is 18.6. The average molecular weight is 272 g/mol. The molecule has 0 bridgehead atoms. The highest BCUT2D eigenvalue weighted by Crippen LogP contribution is 2.20. The molecule has 0 unspecified atom stereocenters. The van der Waals surface area contributed by atoms with E-state index in [0.29, 0.717) is 17.6 Å². The molecule has 1 aromatic carbocycles. The highest BCUT2D eigenvalue weighted by Gasteiger charge is 2.01. The van der Waals surface area contributed by atoms with Gasteiger partial charge < -0.3 is 10.1 Å². The number of allylic oxidation sites excluding steroid dienone is 1. The van der Waals surface area contributed by atoms with Crippen molar-refractivity contribution in [3.8, 4) is 5.75 Å². The van der Waals surface area contributed by atoms with Gasteiger partial charge in [-0.2, -0.15) is 0 Å². The molecule has 0 aliphatic carbocycles. The highest BCUT2D eigenvalue weighted by atomic mass is 35.5. The van der Waals surface area contributed by atoms with Crippen molar-refractivity contribution in [3.05, 3.63) is 36.4 Å². The number of halogens is 1. The number of anilines is 1. The third-order valence-electron chi connectivity index (χ3n) is 1.75. The standard InChI is InChI=1S/C9H11NO2.C3H4O.CH3Cl/c1-10-8-4-3-7(6-11)9(5-8)12-2;1-2-3-4;1-2/h3-6,10H,1-2H3;2-3H,1H2;1H3. The van der Waals surface area contributed by atoms with Crippen molar-refractivity contribution in [2.24, 2.45) is 0 Å². The van der Waals surface area contributed by atoms with Crippen LogP contribution >= 0.6 is 11.6 Å². The van der Waals surface area contributed by atoms with E-state index in [4.69, 9.17) is 9.53 Å². The number of carbonyl (C=O) groups is 2. The summed E-state index contributed by atoms with van der Waals surface area (Å²) in [6.45, 7) is 3.11. The number of alkyl halides is 1. The summed E-state index contributed by atoms with van der Waals surface area (Å²) < 4.78 is 5.01. The van der Waals surface area contributed by atoms with E-state index in [0.717, 1.165) is 12.0 Å². The zero-order chi connectivity index (χ0) is 14.4. The van der Waals surface area contributed by atoms with Crippen LogP contribution in [-0.4, -0.2) is 33.1 Å². The van der Waals surface area contributed by atoms with E-state index < -0.39 is 0 Å². The van der Waals surface area contributed by atoms with Crippen LogP contribution in [0.15, 0.2) is 30.9 Å². The Labute approximate surface area is 113 Å². The predicted molar refractivity (Wildman–Crippen MR) is 76.0 cm³/mol. The zero-order valence-corrected chi connectivity index (χ0v) is 11.5. The molecule has 18 heavy (non-hydrogen) atoms. The lowest BCUT2D eigenvalue weighted by Crippen LogP contribution is -1.93. The second-order valence-electron chi connectivity index (χ2n) is 2.70. The number of hydrogen-bond donors (Lipinski definition) is 1. The van der Waals surface area contributed by atoms with Gasteiger partial charge in [0.2, 0.25) is 0 Å². The monoisotopic (exact) mass is 271 g/mol. The van der Waals surface area contributed by atoms with Crippen molar-refractivity contribution in [3.63, 3.8) is 0 Å². The minimum absolute atomic E-state index is 0.566. The van der Waals surface area contributed by atoms with Crippen LogP contribution < -0.4 is 10.1 Å². The van der Waals surface area contributed by atoms with Gasteiger partial charge >= 0.3 is 0 Å². The topological polar surface area (TPSA) is 55.4 Å². The van der Waals surface area contributed by atoms with E-state index in [1.54, 1.807) is 19.2 Å². The van der Waals surface area contributed by atoms with Crippen molar-refractivity contribution in [1.82, 2.24) is 0 Å². The second-order valence-corrected chi connectivity index (χ2v) is 2.70. The maximum atomic E-state index is 10.5. The Hall–Kier alpha value is -1.81. The molecule has 0 fully saturated rings. The summed E-state index contributed by atoms with van der Waals surface area (Å²) in [6, 6.07) is 5.33. The summed E-state index contributed by atoms with van der Waals surface area (Å²) in [4.78, 5) is 19.5. The molecule has 0 heterocycles. The Morgan fingerprint density at radius 1 is 1.33 bits per heavy atom. The molecule has 0 aromatic heterocycles. The van der Waals surface area contributed by atoms with Crippen molar-refractivity contribution >= 4 is 29.9 Å². The van der Waals surface area contributed by atoms with Crippen LogP contribution in [0.3, 0.4) is 0 Å². The minimum Gasteiger partial charge on any atom is -0.496 e. The van der Waals surface area contributed by atoms with Gasteiger partial charge in [-0.1, -0.05) is 6.58 Å². The molecule has 0 aliphatic rings. The van der Waals surface area contributed by atoms with Gasteiger partial charge in [-0.15, -0.1) is 11.6 Å². The molecule has 100 valence electrons. The summed E-state index contributed by atoms with van der Waals surface area (Å²) in [7, 11) is 3.36. The molecule has 1 N–H and O–H groups in total. The maximum Gasteiger partial charge on any atom is 0.153 e. The molecule has 0 saturated heterocycles. The van der Waals surface area contributed by atoms with Crippen LogP contribution in [0.2, 0.25) is 0 Å². The van der Waals surface area contributed by atoms with Gasteiger partial charge in [-0.05, 0) is 18.2 Å². The number of hydrogen-bond acceptors (Lipinski definition) is 4. The Bertz CT molecular complexity index is 361. The van der Waals surface area contributed by atoms with Crippen molar-refractivity contribution < 1.29 is 14.3 Å². The van der Waals surface area contributed by atoms with Crippen LogP contribution in [0.4, 0.5) is 5.69 Å². The van der Waals surface area contributed by atoms with Crippen LogP contribution in [-0.2, 0) is 4.79 Å². The molecule has 0 aliphatic heterocycles. The number of nitrogens with one attached hydrogen (secondary N) is 1. The summed E-state index contributed by atoms with van der Waals surface area (Å²) >= 11 is 4.64. The molecular weight excluding hydrogens is 254 g/mol. The van der Waals surface area contributed by atoms with E-state index in [9.17, 15) is 4.79 Å². The second kappa shape index (κ2) is 13.3. The van der Waals surface area contributed by atoms with Crippen molar-refractivity contribution in [2.45, 2.75) is 0 Å². The van der Waals surface area contributed by atoms with Crippen molar-refractivity contribution in [1.29, 1.82) is 0 Å². The van der Waals surface area contributed by atoms with Crippen LogP contribution in [0, 0.1) is 0 Å². The Morgan fingerprint density at radius 2 is 1.89 bits per heavy atom. The Kier molecular flexibility index (Phi) is 13.7. The predicted octanol–water partition coefficient (Wildman–Crippen LogP) is 2.78. The van der Waals surface area contributed by atoms with E-state index in [-0.39, 0.29) is 0 Å². The molecule has 0 radical (unpaired) electrons. The fraction of sp³-hybridized carbons (Fsp3) is 0.231. The number of benzene rings is 1. The molecule has 0 amide bonds. The van der Waals surface area contributed by atoms with Gasteiger partial charge in [0.15, 0.2) is 6.29 Å². The van der Waals surface area contributed by atoms with E-state index >= 15 is 0 Å². The Balaban J connectivity index is 0. The molecule has 4 nitrogen and oxygen atoms in total. The first-order valence-electron chi connectivity index (χ1n) is 4.98. The van der Waals surface area contributed by atoms with Crippen LogP contribution in [0.1, 0.15) is 10.4 Å². The summed E-state index contributed by atoms with van der Waals surface area (Å²) in [5.74, 6) is 0.594. The fourth-order valence-electron chi connectivity index (χ4n) is 0.964. The maximum absolute atomic E-state index is 10.5. The molecule has 1 rings (SSSR count). The quantitative estimate of drug-likeness (QED) is 0.520. The largest absolute Gasteiger partial charge is 0.496 e. The fourth-order valence-corrected chi connectivity index (χ4v) is 0.964. The van der Waals surface area contributed by atoms with Gasteiger partial charge in [-0.3, -0.25) is 9.59 Å². The lowest BCUT2D eigenvalue weighted by Gasteiger charge is -2.05. The highest BCUT2D eigenvalue weighted by molar-refractivity contribution is 6.15. The molecule has 1 aromatic rings. The first-order valence-corrected chi connectivity index (χ1v) is 5.74. The minimum atomic E-state index is 0.566. The SMILES string of the molecule is C=CC=O.CCl.CNc1ccc(C=O)c(OC)c1. The molecule has 0 spiro atoms. The van der Waals surface area contributed by atoms with Gasteiger partial charge in [-0.25, -0.2) is 0 Å². The first-order chi connectivity index (χ1) is 8.73. The number of carbonyl (C=O) groups excluding carboxylic acids is 2. The number of rotatable bonds is 4. The van der Waals surface area contributed by atoms with Gasteiger partial charge in [0.05, 0.1) is 12.7 Å². The van der Waals surface area contributed by atoms with Crippen LogP contribution in [0.5, 0.6) is 5.75 Å². The summed E-state index contributed by atoms with van der Waals surface area (Å²) in [5.41, 5.74) is 1.49. The summed E-state index contributed by atoms with van der Waals surface area (Å²) in [6.07, 6.45) is 4.08. The Morgan fingerprint density at radius 3 is 2.22 bits per heavy atom.